The molecule has 0 bridgehead atoms. The van der Waals surface area contributed by atoms with Gasteiger partial charge in [-0.15, -0.1) is 0 Å². The Morgan fingerprint density at radius 2 is 1.50 bits per heavy atom. The summed E-state index contributed by atoms with van der Waals surface area (Å²) >= 11 is 0. The first-order valence-corrected chi connectivity index (χ1v) is 4.31. The lowest BCUT2D eigenvalue weighted by atomic mass is 10.3. The van der Waals surface area contributed by atoms with Gasteiger partial charge in [-0.05, 0) is 0 Å². The van der Waals surface area contributed by atoms with Gasteiger partial charge in [-0.25, -0.2) is 21.6 Å². The normalized spacial score (nSPS) is 44.6. The first-order valence-electron chi connectivity index (χ1n) is 2.76. The molecule has 0 aromatic heterocycles. The standard InChI is InChI=1S/C4H3F5O2S/c5-1-2(6)4(8,9)12(10,11)3(1)7/h1-3H. The van der Waals surface area contributed by atoms with Crippen LogP contribution in [0.15, 0.2) is 0 Å². The molecular formula is C4H3F5O2S. The summed E-state index contributed by atoms with van der Waals surface area (Å²) in [6.07, 6.45) is -6.91. The van der Waals surface area contributed by atoms with E-state index in [0.717, 1.165) is 0 Å². The molecule has 1 fully saturated rings. The van der Waals surface area contributed by atoms with Crippen LogP contribution in [0.3, 0.4) is 0 Å². The van der Waals surface area contributed by atoms with Crippen LogP contribution in [0, 0.1) is 0 Å². The van der Waals surface area contributed by atoms with Gasteiger partial charge in [0.15, 0.2) is 6.17 Å². The van der Waals surface area contributed by atoms with E-state index in [1.54, 1.807) is 0 Å². The summed E-state index contributed by atoms with van der Waals surface area (Å²) in [5.74, 6) is 0. The summed E-state index contributed by atoms with van der Waals surface area (Å²) in [5.41, 5.74) is -3.47. The Morgan fingerprint density at radius 3 is 1.58 bits per heavy atom. The second-order valence-electron chi connectivity index (χ2n) is 2.30. The second-order valence-corrected chi connectivity index (χ2v) is 4.39. The molecule has 2 nitrogen and oxygen atoms in total. The molecule has 0 radical (unpaired) electrons. The molecule has 1 rings (SSSR count). The van der Waals surface area contributed by atoms with Crippen LogP contribution in [0.4, 0.5) is 22.0 Å². The van der Waals surface area contributed by atoms with E-state index in [2.05, 4.69) is 0 Å². The minimum Gasteiger partial charge on any atom is -0.240 e. The van der Waals surface area contributed by atoms with Crippen molar-refractivity contribution in [2.45, 2.75) is 23.1 Å². The van der Waals surface area contributed by atoms with Gasteiger partial charge in [0.05, 0.1) is 0 Å². The van der Waals surface area contributed by atoms with Crippen molar-refractivity contribution >= 4 is 9.84 Å². The van der Waals surface area contributed by atoms with Crippen molar-refractivity contribution in [3.8, 4) is 0 Å². The first-order chi connectivity index (χ1) is 5.23. The fraction of sp³-hybridized carbons (Fsp3) is 1.00. The monoisotopic (exact) mass is 210 g/mol. The summed E-state index contributed by atoms with van der Waals surface area (Å²) in [5, 5.41) is -4.95. The zero-order valence-electron chi connectivity index (χ0n) is 5.35. The Kier molecular flexibility index (Phi) is 1.86. The Bertz CT molecular complexity index is 286. The van der Waals surface area contributed by atoms with E-state index in [4.69, 9.17) is 0 Å². The molecule has 3 unspecified atom stereocenters. The fourth-order valence-electron chi connectivity index (χ4n) is 0.796. The zero-order valence-corrected chi connectivity index (χ0v) is 6.16. The fourth-order valence-corrected chi connectivity index (χ4v) is 2.02. The van der Waals surface area contributed by atoms with E-state index >= 15 is 0 Å². The maximum absolute atomic E-state index is 12.2. The van der Waals surface area contributed by atoms with Gasteiger partial charge in [-0.3, -0.25) is 0 Å². The predicted octanol–water partition coefficient (Wildman–Crippen LogP) is 0.979. The summed E-state index contributed by atoms with van der Waals surface area (Å²) in [6.45, 7) is 0. The van der Waals surface area contributed by atoms with Crippen LogP contribution >= 0.6 is 0 Å². The lowest BCUT2D eigenvalue weighted by Crippen LogP contribution is -2.33. The third-order valence-electron chi connectivity index (χ3n) is 1.53. The topological polar surface area (TPSA) is 34.1 Å². The maximum atomic E-state index is 12.2. The van der Waals surface area contributed by atoms with E-state index in [1.165, 1.54) is 0 Å². The smallest absolute Gasteiger partial charge is 0.240 e. The lowest BCUT2D eigenvalue weighted by molar-refractivity contribution is -0.0188. The van der Waals surface area contributed by atoms with Gasteiger partial charge >= 0.3 is 5.25 Å². The van der Waals surface area contributed by atoms with Crippen LogP contribution in [-0.4, -0.2) is 31.5 Å². The van der Waals surface area contributed by atoms with Crippen LogP contribution in [0.25, 0.3) is 0 Å². The van der Waals surface area contributed by atoms with Crippen LogP contribution in [-0.2, 0) is 9.84 Å². The van der Waals surface area contributed by atoms with Crippen LogP contribution in [0.2, 0.25) is 0 Å². The first kappa shape index (κ1) is 9.69. The van der Waals surface area contributed by atoms with E-state index in [9.17, 15) is 30.4 Å². The molecule has 1 aliphatic heterocycles. The van der Waals surface area contributed by atoms with Gasteiger partial charge in [-0.1, -0.05) is 0 Å². The van der Waals surface area contributed by atoms with E-state index < -0.39 is 32.9 Å². The zero-order chi connectivity index (χ0) is 9.73. The molecule has 12 heavy (non-hydrogen) atoms. The highest BCUT2D eigenvalue weighted by Gasteiger charge is 2.70. The average molecular weight is 210 g/mol. The van der Waals surface area contributed by atoms with Crippen molar-refractivity contribution in [1.29, 1.82) is 0 Å². The number of hydrogen-bond acceptors (Lipinski definition) is 2. The third kappa shape index (κ3) is 0.868. The minimum atomic E-state index is -5.65. The Labute approximate surface area is 64.3 Å². The molecule has 0 saturated carbocycles. The molecule has 0 N–H and O–H groups in total. The van der Waals surface area contributed by atoms with Gasteiger partial charge in [-0.2, -0.15) is 8.78 Å². The Hall–Kier alpha value is -0.400. The number of alkyl halides is 5. The van der Waals surface area contributed by atoms with E-state index in [1.807, 2.05) is 0 Å². The van der Waals surface area contributed by atoms with Crippen molar-refractivity contribution in [2.24, 2.45) is 0 Å². The SMILES string of the molecule is O=S1(=O)C(F)C(F)C(F)C1(F)F. The molecule has 0 aromatic carbocycles. The van der Waals surface area contributed by atoms with Gasteiger partial charge in [0.25, 0.3) is 9.84 Å². The summed E-state index contributed by atoms with van der Waals surface area (Å²) in [6, 6.07) is 0. The van der Waals surface area contributed by atoms with Crippen LogP contribution in [0.5, 0.6) is 0 Å². The number of halogens is 5. The highest BCUT2D eigenvalue weighted by Crippen LogP contribution is 2.44. The summed E-state index contributed by atoms with van der Waals surface area (Å²) in [7, 11) is -5.65. The van der Waals surface area contributed by atoms with Gasteiger partial charge in [0.1, 0.15) is 0 Å². The lowest BCUT2D eigenvalue weighted by Gasteiger charge is -2.08. The molecule has 72 valence electrons. The van der Waals surface area contributed by atoms with Gasteiger partial charge in [0.2, 0.25) is 11.7 Å². The Balaban J connectivity index is 3.24. The molecule has 3 atom stereocenters. The molecular weight excluding hydrogens is 207 g/mol. The van der Waals surface area contributed by atoms with Crippen molar-refractivity contribution in [1.82, 2.24) is 0 Å². The highest BCUT2D eigenvalue weighted by molar-refractivity contribution is 7.93. The van der Waals surface area contributed by atoms with E-state index in [-0.39, 0.29) is 0 Å². The van der Waals surface area contributed by atoms with E-state index in [0.29, 0.717) is 0 Å². The third-order valence-corrected chi connectivity index (χ3v) is 3.36. The van der Waals surface area contributed by atoms with Crippen molar-refractivity contribution < 1.29 is 30.4 Å². The maximum Gasteiger partial charge on any atom is 0.381 e. The average Bonchev–Trinajstić information content (AvgIpc) is 2.05. The predicted molar refractivity (Wildman–Crippen MR) is 28.6 cm³/mol. The Morgan fingerprint density at radius 1 is 1.08 bits per heavy atom. The minimum absolute atomic E-state index is 3.30. The van der Waals surface area contributed by atoms with Crippen molar-refractivity contribution in [3.63, 3.8) is 0 Å². The summed E-state index contributed by atoms with van der Waals surface area (Å²) < 4.78 is 81.2. The molecule has 1 saturated heterocycles. The quantitative estimate of drug-likeness (QED) is 0.558. The molecule has 0 aliphatic carbocycles. The van der Waals surface area contributed by atoms with Crippen LogP contribution in [0.1, 0.15) is 0 Å². The molecule has 1 heterocycles. The summed E-state index contributed by atoms with van der Waals surface area (Å²) in [4.78, 5) is 0. The van der Waals surface area contributed by atoms with Crippen molar-refractivity contribution in [3.05, 3.63) is 0 Å². The number of rotatable bonds is 0. The second kappa shape index (κ2) is 2.30. The molecule has 0 spiro atoms. The van der Waals surface area contributed by atoms with Crippen LogP contribution < -0.4 is 0 Å². The van der Waals surface area contributed by atoms with Gasteiger partial charge in [0, 0.05) is 0 Å². The number of hydrogen-bond donors (Lipinski definition) is 0. The molecule has 8 heteroatoms. The molecule has 0 aromatic rings. The number of sulfone groups is 1. The van der Waals surface area contributed by atoms with Gasteiger partial charge < -0.3 is 0 Å². The molecule has 0 amide bonds. The van der Waals surface area contributed by atoms with Crippen molar-refractivity contribution in [2.75, 3.05) is 0 Å². The molecule has 1 aliphatic rings. The largest absolute Gasteiger partial charge is 0.381 e. The highest BCUT2D eigenvalue weighted by atomic mass is 32.2.